The van der Waals surface area contributed by atoms with Crippen LogP contribution in [0.5, 0.6) is 5.75 Å². The Bertz CT molecular complexity index is 1060. The summed E-state index contributed by atoms with van der Waals surface area (Å²) in [7, 11) is -4.11. The molecule has 1 heterocycles. The fourth-order valence-corrected chi connectivity index (χ4v) is 5.40. The van der Waals surface area contributed by atoms with Crippen molar-refractivity contribution in [3.63, 3.8) is 0 Å². The smallest absolute Gasteiger partial charge is 0.345 e. The molecule has 1 fully saturated rings. The lowest BCUT2D eigenvalue weighted by Crippen LogP contribution is -2.61. The molecule has 8 nitrogen and oxygen atoms in total. The van der Waals surface area contributed by atoms with Crippen LogP contribution in [0.25, 0.3) is 0 Å². The molecule has 2 aromatic carbocycles. The summed E-state index contributed by atoms with van der Waals surface area (Å²) in [5, 5.41) is 10.6. The molecule has 0 aromatic heterocycles. The van der Waals surface area contributed by atoms with E-state index < -0.39 is 27.6 Å². The SMILES string of the molecule is Cc1cc(F)ccc1COc1ccc(S(=O)(=O)N2CCC[C@@](C)(O)[C@@H]2C(=O)ON)cc1. The van der Waals surface area contributed by atoms with E-state index in [0.717, 1.165) is 15.4 Å². The van der Waals surface area contributed by atoms with Crippen LogP contribution < -0.4 is 10.6 Å². The molecule has 0 aliphatic carbocycles. The Kier molecular flexibility index (Phi) is 6.65. The van der Waals surface area contributed by atoms with Crippen molar-refractivity contribution in [1.29, 1.82) is 0 Å². The number of aliphatic hydroxyl groups is 1. The maximum atomic E-state index is 13.2. The zero-order valence-electron chi connectivity index (χ0n) is 17.2. The predicted molar refractivity (Wildman–Crippen MR) is 110 cm³/mol. The number of aryl methyl sites for hydroxylation is 1. The highest BCUT2D eigenvalue weighted by Crippen LogP contribution is 2.33. The molecule has 0 unspecified atom stereocenters. The molecule has 1 saturated heterocycles. The summed E-state index contributed by atoms with van der Waals surface area (Å²) in [6, 6.07) is 8.62. The van der Waals surface area contributed by atoms with Crippen molar-refractivity contribution in [2.24, 2.45) is 5.90 Å². The number of ether oxygens (including phenoxy) is 1. The van der Waals surface area contributed by atoms with E-state index in [1.165, 1.54) is 43.3 Å². The fraction of sp³-hybridized carbons (Fsp3) is 0.381. The lowest BCUT2D eigenvalue weighted by atomic mass is 9.88. The van der Waals surface area contributed by atoms with Crippen LogP contribution in [-0.2, 0) is 26.3 Å². The number of hydrogen-bond acceptors (Lipinski definition) is 7. The van der Waals surface area contributed by atoms with Crippen LogP contribution in [0.2, 0.25) is 0 Å². The molecule has 0 spiro atoms. The highest BCUT2D eigenvalue weighted by atomic mass is 32.2. The lowest BCUT2D eigenvalue weighted by molar-refractivity contribution is -0.160. The second-order valence-corrected chi connectivity index (χ2v) is 9.64. The van der Waals surface area contributed by atoms with E-state index in [0.29, 0.717) is 12.2 Å². The van der Waals surface area contributed by atoms with E-state index in [-0.39, 0.29) is 30.3 Å². The first-order chi connectivity index (χ1) is 14.6. The largest absolute Gasteiger partial charge is 0.489 e. The van der Waals surface area contributed by atoms with Gasteiger partial charge in [0.2, 0.25) is 10.0 Å². The van der Waals surface area contributed by atoms with Gasteiger partial charge < -0.3 is 14.7 Å². The van der Waals surface area contributed by atoms with E-state index in [4.69, 9.17) is 10.6 Å². The van der Waals surface area contributed by atoms with Crippen LogP contribution in [-0.4, -0.2) is 42.0 Å². The monoisotopic (exact) mass is 452 g/mol. The summed E-state index contributed by atoms with van der Waals surface area (Å²) in [6.45, 7) is 3.39. The molecule has 0 amide bonds. The number of carbonyl (C=O) groups excluding carboxylic acids is 1. The first-order valence-electron chi connectivity index (χ1n) is 9.69. The van der Waals surface area contributed by atoms with Crippen LogP contribution >= 0.6 is 0 Å². The van der Waals surface area contributed by atoms with Gasteiger partial charge in [-0.1, -0.05) is 6.07 Å². The number of rotatable bonds is 6. The number of sulfonamides is 1. The molecule has 1 aliphatic rings. The van der Waals surface area contributed by atoms with Gasteiger partial charge in [-0.2, -0.15) is 10.2 Å². The van der Waals surface area contributed by atoms with Crippen molar-refractivity contribution in [3.05, 3.63) is 59.4 Å². The molecular formula is C21H25FN2O6S. The maximum Gasteiger partial charge on any atom is 0.345 e. The van der Waals surface area contributed by atoms with Crippen molar-refractivity contribution >= 4 is 16.0 Å². The number of halogens is 1. The van der Waals surface area contributed by atoms with Gasteiger partial charge in [0.05, 0.1) is 10.5 Å². The normalized spacial score (nSPS) is 22.2. The number of piperidine rings is 1. The van der Waals surface area contributed by atoms with Crippen molar-refractivity contribution in [1.82, 2.24) is 4.31 Å². The highest BCUT2D eigenvalue weighted by molar-refractivity contribution is 7.89. The second kappa shape index (κ2) is 8.91. The first kappa shape index (κ1) is 23.1. The van der Waals surface area contributed by atoms with E-state index in [1.807, 2.05) is 0 Å². The van der Waals surface area contributed by atoms with Crippen LogP contribution in [0.4, 0.5) is 4.39 Å². The third kappa shape index (κ3) is 4.87. The van der Waals surface area contributed by atoms with E-state index in [2.05, 4.69) is 4.84 Å². The Hall–Kier alpha value is -2.53. The van der Waals surface area contributed by atoms with Gasteiger partial charge in [-0.15, -0.1) is 0 Å². The van der Waals surface area contributed by atoms with Gasteiger partial charge in [0, 0.05) is 6.54 Å². The number of nitrogens with zero attached hydrogens (tertiary/aromatic N) is 1. The Morgan fingerprint density at radius 2 is 1.97 bits per heavy atom. The van der Waals surface area contributed by atoms with Gasteiger partial charge >= 0.3 is 5.97 Å². The van der Waals surface area contributed by atoms with Crippen molar-refractivity contribution in [3.8, 4) is 5.75 Å². The minimum absolute atomic E-state index is 0.0420. The molecule has 2 atom stereocenters. The Balaban J connectivity index is 1.79. The number of carbonyl (C=O) groups is 1. The minimum Gasteiger partial charge on any atom is -0.489 e. The van der Waals surface area contributed by atoms with Gasteiger partial charge in [-0.3, -0.25) is 0 Å². The van der Waals surface area contributed by atoms with Gasteiger partial charge in [-0.25, -0.2) is 17.6 Å². The standard InChI is InChI=1S/C21H25FN2O6S/c1-14-12-16(22)5-4-15(14)13-29-17-6-8-18(9-7-17)31(27,28)24-11-3-10-21(2,26)19(24)20(25)30-23/h4-9,12,19,26H,3,10-11,13,23H2,1-2H3/t19-,21+/m0/s1. The van der Waals surface area contributed by atoms with Crippen LogP contribution in [0.15, 0.2) is 47.4 Å². The van der Waals surface area contributed by atoms with Crippen LogP contribution in [0.3, 0.4) is 0 Å². The summed E-state index contributed by atoms with van der Waals surface area (Å²) < 4.78 is 46.1. The topological polar surface area (TPSA) is 119 Å². The molecule has 31 heavy (non-hydrogen) atoms. The summed E-state index contributed by atoms with van der Waals surface area (Å²) in [4.78, 5) is 16.3. The fourth-order valence-electron chi connectivity index (χ4n) is 3.69. The highest BCUT2D eigenvalue weighted by Gasteiger charge is 2.50. The summed E-state index contributed by atoms with van der Waals surface area (Å²) in [5.74, 6) is 4.04. The van der Waals surface area contributed by atoms with Crippen molar-refractivity contribution in [2.45, 2.75) is 49.8 Å². The predicted octanol–water partition coefficient (Wildman–Crippen LogP) is 2.03. The third-order valence-electron chi connectivity index (χ3n) is 5.41. The van der Waals surface area contributed by atoms with E-state index in [9.17, 15) is 22.7 Å². The van der Waals surface area contributed by atoms with E-state index >= 15 is 0 Å². The maximum absolute atomic E-state index is 13.2. The summed E-state index contributed by atoms with van der Waals surface area (Å²) >= 11 is 0. The molecular weight excluding hydrogens is 427 g/mol. The molecule has 2 aromatic rings. The average Bonchev–Trinajstić information content (AvgIpc) is 2.72. The number of benzene rings is 2. The van der Waals surface area contributed by atoms with Crippen molar-refractivity contribution < 1.29 is 32.3 Å². The number of nitrogens with two attached hydrogens (primary N) is 1. The summed E-state index contributed by atoms with van der Waals surface area (Å²) in [6.07, 6.45) is 0.604. The molecule has 1 aliphatic heterocycles. The Morgan fingerprint density at radius 3 is 2.58 bits per heavy atom. The minimum atomic E-state index is -4.11. The average molecular weight is 453 g/mol. The molecule has 10 heteroatoms. The van der Waals surface area contributed by atoms with Gasteiger partial charge in [0.25, 0.3) is 0 Å². The molecule has 3 rings (SSSR count). The second-order valence-electron chi connectivity index (χ2n) is 7.75. The van der Waals surface area contributed by atoms with Crippen LogP contribution in [0.1, 0.15) is 30.9 Å². The Labute approximate surface area is 180 Å². The van der Waals surface area contributed by atoms with Crippen molar-refractivity contribution in [2.75, 3.05) is 6.54 Å². The lowest BCUT2D eigenvalue weighted by Gasteiger charge is -2.42. The summed E-state index contributed by atoms with van der Waals surface area (Å²) in [5.41, 5.74) is -0.0661. The van der Waals surface area contributed by atoms with Gasteiger partial charge in [-0.05, 0) is 74.2 Å². The molecule has 0 saturated carbocycles. The first-order valence-corrected chi connectivity index (χ1v) is 11.1. The number of hydrogen-bond donors (Lipinski definition) is 2. The molecule has 168 valence electrons. The molecule has 0 bridgehead atoms. The quantitative estimate of drug-likeness (QED) is 0.644. The molecule has 3 N–H and O–H groups in total. The van der Waals surface area contributed by atoms with Gasteiger partial charge in [0.1, 0.15) is 18.2 Å². The zero-order valence-corrected chi connectivity index (χ0v) is 18.1. The van der Waals surface area contributed by atoms with E-state index in [1.54, 1.807) is 13.0 Å². The van der Waals surface area contributed by atoms with Crippen LogP contribution in [0, 0.1) is 12.7 Å². The third-order valence-corrected chi connectivity index (χ3v) is 7.29. The Morgan fingerprint density at radius 1 is 1.29 bits per heavy atom. The molecule has 0 radical (unpaired) electrons. The van der Waals surface area contributed by atoms with Gasteiger partial charge in [0.15, 0.2) is 6.04 Å². The zero-order chi connectivity index (χ0) is 22.8.